The Bertz CT molecular complexity index is 150. The predicted molar refractivity (Wildman–Crippen MR) is 66.6 cm³/mol. The van der Waals surface area contributed by atoms with Gasteiger partial charge in [-0.25, -0.2) is 0 Å². The fourth-order valence-electron chi connectivity index (χ4n) is 2.75. The average Bonchev–Trinajstić information content (AvgIpc) is 2.12. The Kier molecular flexibility index (Phi) is 5.32. The van der Waals surface area contributed by atoms with Gasteiger partial charge in [0.15, 0.2) is 0 Å². The first-order valence-electron chi connectivity index (χ1n) is 5.96. The van der Waals surface area contributed by atoms with E-state index >= 15 is 0 Å². The third-order valence-electron chi connectivity index (χ3n) is 3.33. The van der Waals surface area contributed by atoms with Crippen molar-refractivity contribution >= 4 is 11.8 Å². The Labute approximate surface area is 93.2 Å². The van der Waals surface area contributed by atoms with Gasteiger partial charge in [-0.2, -0.15) is 11.8 Å². The third-order valence-corrected chi connectivity index (χ3v) is 4.36. The molecule has 3 unspecified atom stereocenters. The van der Waals surface area contributed by atoms with E-state index in [0.717, 1.165) is 23.5 Å². The Balaban J connectivity index is 2.34. The largest absolute Gasteiger partial charge is 0.327 e. The number of thioether (sulfide) groups is 1. The molecule has 2 N–H and O–H groups in total. The maximum atomic E-state index is 6.24. The molecule has 1 rings (SSSR count). The van der Waals surface area contributed by atoms with Gasteiger partial charge in [-0.3, -0.25) is 0 Å². The van der Waals surface area contributed by atoms with Crippen LogP contribution >= 0.6 is 11.8 Å². The summed E-state index contributed by atoms with van der Waals surface area (Å²) in [6.07, 6.45) is 4.12. The SMILES string of the molecule is CCSCC(N)C1CC(C)CC(C)C1. The highest BCUT2D eigenvalue weighted by Gasteiger charge is 2.27. The normalized spacial score (nSPS) is 35.6. The lowest BCUT2D eigenvalue weighted by Crippen LogP contribution is -2.37. The first-order chi connectivity index (χ1) is 6.63. The minimum Gasteiger partial charge on any atom is -0.327 e. The molecule has 1 nitrogen and oxygen atoms in total. The summed E-state index contributed by atoms with van der Waals surface area (Å²) >= 11 is 1.99. The van der Waals surface area contributed by atoms with Crippen molar-refractivity contribution in [2.45, 2.75) is 46.1 Å². The molecular formula is C12H25NS. The maximum Gasteiger partial charge on any atom is 0.0159 e. The highest BCUT2D eigenvalue weighted by Crippen LogP contribution is 2.34. The van der Waals surface area contributed by atoms with E-state index in [1.807, 2.05) is 11.8 Å². The maximum absolute atomic E-state index is 6.24. The van der Waals surface area contributed by atoms with Crippen LogP contribution in [0, 0.1) is 17.8 Å². The van der Waals surface area contributed by atoms with Crippen LogP contribution in [0.1, 0.15) is 40.0 Å². The lowest BCUT2D eigenvalue weighted by molar-refractivity contribution is 0.200. The molecule has 0 heterocycles. The van der Waals surface area contributed by atoms with Gasteiger partial charge in [0.25, 0.3) is 0 Å². The summed E-state index contributed by atoms with van der Waals surface area (Å²) in [7, 11) is 0. The molecule has 2 heteroatoms. The van der Waals surface area contributed by atoms with Crippen LogP contribution in [0.5, 0.6) is 0 Å². The van der Waals surface area contributed by atoms with Crippen LogP contribution in [0.2, 0.25) is 0 Å². The van der Waals surface area contributed by atoms with E-state index in [1.165, 1.54) is 25.0 Å². The van der Waals surface area contributed by atoms with Gasteiger partial charge >= 0.3 is 0 Å². The van der Waals surface area contributed by atoms with Gasteiger partial charge in [0.1, 0.15) is 0 Å². The standard InChI is InChI=1S/C12H25NS/c1-4-14-8-12(13)11-6-9(2)5-10(3)7-11/h9-12H,4-8,13H2,1-3H3. The zero-order valence-corrected chi connectivity index (χ0v) is 10.6. The van der Waals surface area contributed by atoms with E-state index in [-0.39, 0.29) is 0 Å². The molecular weight excluding hydrogens is 190 g/mol. The zero-order chi connectivity index (χ0) is 10.6. The van der Waals surface area contributed by atoms with Gasteiger partial charge in [-0.1, -0.05) is 20.8 Å². The van der Waals surface area contributed by atoms with Crippen molar-refractivity contribution in [3.63, 3.8) is 0 Å². The molecule has 0 aromatic rings. The van der Waals surface area contributed by atoms with E-state index in [0.29, 0.717) is 6.04 Å². The molecule has 0 aromatic carbocycles. The summed E-state index contributed by atoms with van der Waals surface area (Å²) in [5.41, 5.74) is 6.24. The average molecular weight is 215 g/mol. The minimum atomic E-state index is 0.435. The number of rotatable bonds is 4. The number of hydrogen-bond donors (Lipinski definition) is 1. The van der Waals surface area contributed by atoms with E-state index in [4.69, 9.17) is 5.73 Å². The Hall–Kier alpha value is 0.310. The lowest BCUT2D eigenvalue weighted by atomic mass is 9.74. The molecule has 0 aromatic heterocycles. The summed E-state index contributed by atoms with van der Waals surface area (Å²) in [4.78, 5) is 0. The van der Waals surface area contributed by atoms with Gasteiger partial charge in [-0.15, -0.1) is 0 Å². The highest BCUT2D eigenvalue weighted by atomic mass is 32.2. The summed E-state index contributed by atoms with van der Waals surface area (Å²) in [5.74, 6) is 4.92. The molecule has 3 atom stereocenters. The van der Waals surface area contributed by atoms with Crippen molar-refractivity contribution in [1.29, 1.82) is 0 Å². The van der Waals surface area contributed by atoms with E-state index < -0.39 is 0 Å². The predicted octanol–water partition coefficient (Wildman–Crippen LogP) is 3.14. The van der Waals surface area contributed by atoms with Gasteiger partial charge in [-0.05, 0) is 42.8 Å². The van der Waals surface area contributed by atoms with Crippen LogP contribution in [-0.4, -0.2) is 17.5 Å². The zero-order valence-electron chi connectivity index (χ0n) is 9.83. The van der Waals surface area contributed by atoms with Crippen LogP contribution < -0.4 is 5.73 Å². The van der Waals surface area contributed by atoms with Crippen molar-refractivity contribution in [2.24, 2.45) is 23.5 Å². The molecule has 1 fully saturated rings. The summed E-state index contributed by atoms with van der Waals surface area (Å²) < 4.78 is 0. The quantitative estimate of drug-likeness (QED) is 0.779. The second-order valence-corrected chi connectivity index (χ2v) is 6.32. The van der Waals surface area contributed by atoms with Crippen LogP contribution in [0.15, 0.2) is 0 Å². The van der Waals surface area contributed by atoms with Crippen molar-refractivity contribution in [1.82, 2.24) is 0 Å². The van der Waals surface area contributed by atoms with E-state index in [1.54, 1.807) is 0 Å². The van der Waals surface area contributed by atoms with Crippen molar-refractivity contribution in [3.05, 3.63) is 0 Å². The van der Waals surface area contributed by atoms with Gasteiger partial charge in [0.05, 0.1) is 0 Å². The lowest BCUT2D eigenvalue weighted by Gasteiger charge is -2.34. The molecule has 0 spiro atoms. The van der Waals surface area contributed by atoms with E-state index in [2.05, 4.69) is 20.8 Å². The molecule has 1 aliphatic carbocycles. The first-order valence-corrected chi connectivity index (χ1v) is 7.12. The minimum absolute atomic E-state index is 0.435. The molecule has 84 valence electrons. The highest BCUT2D eigenvalue weighted by molar-refractivity contribution is 7.99. The van der Waals surface area contributed by atoms with Gasteiger partial charge in [0.2, 0.25) is 0 Å². The fourth-order valence-corrected chi connectivity index (χ4v) is 3.53. The smallest absolute Gasteiger partial charge is 0.0159 e. The van der Waals surface area contributed by atoms with Gasteiger partial charge in [0, 0.05) is 11.8 Å². The third kappa shape index (κ3) is 3.82. The summed E-state index contributed by atoms with van der Waals surface area (Å²) in [6, 6.07) is 0.435. The molecule has 14 heavy (non-hydrogen) atoms. The van der Waals surface area contributed by atoms with Gasteiger partial charge < -0.3 is 5.73 Å². The number of hydrogen-bond acceptors (Lipinski definition) is 2. The fraction of sp³-hybridized carbons (Fsp3) is 1.00. The summed E-state index contributed by atoms with van der Waals surface area (Å²) in [5, 5.41) is 0. The summed E-state index contributed by atoms with van der Waals surface area (Å²) in [6.45, 7) is 6.97. The topological polar surface area (TPSA) is 26.0 Å². The Morgan fingerprint density at radius 1 is 1.21 bits per heavy atom. The van der Waals surface area contributed by atoms with Crippen LogP contribution in [0.3, 0.4) is 0 Å². The second kappa shape index (κ2) is 6.02. The van der Waals surface area contributed by atoms with Crippen LogP contribution in [-0.2, 0) is 0 Å². The number of nitrogens with two attached hydrogens (primary N) is 1. The molecule has 0 aliphatic heterocycles. The van der Waals surface area contributed by atoms with E-state index in [9.17, 15) is 0 Å². The van der Waals surface area contributed by atoms with Crippen molar-refractivity contribution in [3.8, 4) is 0 Å². The van der Waals surface area contributed by atoms with Crippen LogP contribution in [0.4, 0.5) is 0 Å². The molecule has 0 radical (unpaired) electrons. The van der Waals surface area contributed by atoms with Crippen molar-refractivity contribution in [2.75, 3.05) is 11.5 Å². The molecule has 0 saturated heterocycles. The first kappa shape index (κ1) is 12.4. The Morgan fingerprint density at radius 2 is 1.79 bits per heavy atom. The molecule has 0 bridgehead atoms. The second-order valence-electron chi connectivity index (χ2n) is 5.00. The molecule has 1 aliphatic rings. The monoisotopic (exact) mass is 215 g/mol. The molecule has 0 amide bonds. The molecule has 1 saturated carbocycles. The Morgan fingerprint density at radius 3 is 2.29 bits per heavy atom. The van der Waals surface area contributed by atoms with Crippen molar-refractivity contribution < 1.29 is 0 Å². The van der Waals surface area contributed by atoms with Crippen LogP contribution in [0.25, 0.3) is 0 Å².